The Labute approximate surface area is 50.8 Å². The molecule has 0 saturated heterocycles. The third kappa shape index (κ3) is 461. The van der Waals surface area contributed by atoms with Gasteiger partial charge in [-0.15, -0.1) is 0 Å². The van der Waals surface area contributed by atoms with E-state index in [-0.39, 0.29) is 0 Å². The Bertz CT molecular complexity index is 46.3. The molecule has 0 bridgehead atoms. The second-order valence-corrected chi connectivity index (χ2v) is 1.24. The van der Waals surface area contributed by atoms with Crippen LogP contribution in [0.25, 0.3) is 0 Å². The summed E-state index contributed by atoms with van der Waals surface area (Å²) in [6.07, 6.45) is 0.986. The van der Waals surface area contributed by atoms with Crippen molar-refractivity contribution in [3.05, 3.63) is 0 Å². The average Bonchev–Trinajstić information content (AvgIpc) is 1.61. The summed E-state index contributed by atoms with van der Waals surface area (Å²) >= 11 is 0. The molecular formula is C3H9BF4O. The number of hydrogen-bond donors (Lipinski definition) is 0. The highest BCUT2D eigenvalue weighted by molar-refractivity contribution is 6.50. The first-order valence-corrected chi connectivity index (χ1v) is 2.43. The molecule has 0 fully saturated rings. The molecule has 0 aliphatic heterocycles. The minimum absolute atomic E-state index is 0.569. The highest BCUT2D eigenvalue weighted by atomic mass is 19.5. The van der Waals surface area contributed by atoms with Gasteiger partial charge in [0.25, 0.3) is 0 Å². The van der Waals surface area contributed by atoms with Crippen LogP contribution in [0.15, 0.2) is 0 Å². The maximum atomic E-state index is 9.75. The Hall–Kier alpha value is -0.255. The predicted octanol–water partition coefficient (Wildman–Crippen LogP) is 1.42. The van der Waals surface area contributed by atoms with Gasteiger partial charge in [-0.05, 0) is 0 Å². The molecule has 58 valence electrons. The van der Waals surface area contributed by atoms with Crippen LogP contribution in [0.2, 0.25) is 0 Å². The van der Waals surface area contributed by atoms with E-state index in [0.717, 1.165) is 6.42 Å². The largest absolute Gasteiger partial charge is 0.673 e. The van der Waals surface area contributed by atoms with Crippen LogP contribution in [0, 0.1) is 0 Å². The highest BCUT2D eigenvalue weighted by Crippen LogP contribution is 2.06. The summed E-state index contributed by atoms with van der Waals surface area (Å²) in [7, 11) is -6.00. The molecule has 9 heavy (non-hydrogen) atoms. The molecule has 0 spiro atoms. The summed E-state index contributed by atoms with van der Waals surface area (Å²) in [5.74, 6) is 0. The molecule has 0 aliphatic carbocycles. The number of hydrogen-bond acceptors (Lipinski definition) is 0. The van der Waals surface area contributed by atoms with E-state index >= 15 is 0 Å². The lowest BCUT2D eigenvalue weighted by atomic mass is 10.3. The average molecular weight is 148 g/mol. The standard InChI is InChI=1S/C3H8O.BF4/c1-2-3-4;2-1(3,4)5/h4H,2-3H2,1H3;/q;-1/p+1. The summed E-state index contributed by atoms with van der Waals surface area (Å²) in [4.78, 5) is 0. The summed E-state index contributed by atoms with van der Waals surface area (Å²) < 4.78 is 39.0. The highest BCUT2D eigenvalue weighted by Gasteiger charge is 2.20. The molecule has 0 heterocycles. The molecule has 6 heteroatoms. The first-order valence-electron chi connectivity index (χ1n) is 2.43. The topological polar surface area (TPSA) is 22.9 Å². The van der Waals surface area contributed by atoms with Crippen LogP contribution in [0.5, 0.6) is 0 Å². The fourth-order valence-corrected chi connectivity index (χ4v) is 0. The van der Waals surface area contributed by atoms with Crippen molar-refractivity contribution in [2.75, 3.05) is 6.61 Å². The Morgan fingerprint density at radius 2 is 1.33 bits per heavy atom. The number of rotatable bonds is 1. The Morgan fingerprint density at radius 1 is 1.22 bits per heavy atom. The van der Waals surface area contributed by atoms with Crippen LogP contribution in [0.3, 0.4) is 0 Å². The van der Waals surface area contributed by atoms with Crippen LogP contribution in [0.1, 0.15) is 13.3 Å². The van der Waals surface area contributed by atoms with Gasteiger partial charge in [0.2, 0.25) is 0 Å². The van der Waals surface area contributed by atoms with Crippen molar-refractivity contribution in [1.82, 2.24) is 0 Å². The third-order valence-electron chi connectivity index (χ3n) is 0.250. The SMILES string of the molecule is CCC[OH2+].F[B-](F)(F)F. The number of halogens is 4. The van der Waals surface area contributed by atoms with E-state index in [2.05, 4.69) is 0 Å². The van der Waals surface area contributed by atoms with Crippen LogP contribution in [-0.4, -0.2) is 19.0 Å². The lowest BCUT2D eigenvalue weighted by Gasteiger charge is -1.94. The summed E-state index contributed by atoms with van der Waals surface area (Å²) in [6.45, 7) is 2.56. The van der Waals surface area contributed by atoms with Crippen molar-refractivity contribution >= 4 is 7.25 Å². The minimum Gasteiger partial charge on any atom is -0.445 e. The van der Waals surface area contributed by atoms with Gasteiger partial charge in [0.05, 0.1) is 0 Å². The monoisotopic (exact) mass is 148 g/mol. The third-order valence-corrected chi connectivity index (χ3v) is 0.250. The zero-order valence-electron chi connectivity index (χ0n) is 5.00. The molecular weight excluding hydrogens is 139 g/mol. The molecule has 0 amide bonds. The zero-order valence-corrected chi connectivity index (χ0v) is 5.00. The van der Waals surface area contributed by atoms with Crippen LogP contribution >= 0.6 is 0 Å². The van der Waals surface area contributed by atoms with Crippen LogP contribution in [-0.2, 0) is 0 Å². The Kier molecular flexibility index (Phi) is 7.53. The van der Waals surface area contributed by atoms with Gasteiger partial charge in [0.15, 0.2) is 0 Å². The van der Waals surface area contributed by atoms with Gasteiger partial charge in [-0.25, -0.2) is 0 Å². The zero-order chi connectivity index (χ0) is 7.91. The van der Waals surface area contributed by atoms with Crippen LogP contribution in [0.4, 0.5) is 17.3 Å². The second-order valence-electron chi connectivity index (χ2n) is 1.24. The fourth-order valence-electron chi connectivity index (χ4n) is 0. The quantitative estimate of drug-likeness (QED) is 0.305. The normalized spacial score (nSPS) is 10.0. The van der Waals surface area contributed by atoms with Gasteiger partial charge in [-0.1, -0.05) is 6.92 Å². The van der Waals surface area contributed by atoms with Gasteiger partial charge in [-0.2, -0.15) is 0 Å². The molecule has 0 radical (unpaired) electrons. The first-order chi connectivity index (χ1) is 3.91. The van der Waals surface area contributed by atoms with Gasteiger partial charge in [0, 0.05) is 6.42 Å². The lowest BCUT2D eigenvalue weighted by molar-refractivity contribution is 0.295. The Balaban J connectivity index is 0. The first kappa shape index (κ1) is 11.5. The maximum Gasteiger partial charge on any atom is 0.673 e. The molecule has 0 aromatic carbocycles. The molecule has 0 atom stereocenters. The van der Waals surface area contributed by atoms with E-state index in [4.69, 9.17) is 5.11 Å². The fraction of sp³-hybridized carbons (Fsp3) is 1.00. The molecule has 0 aliphatic rings. The van der Waals surface area contributed by atoms with Crippen molar-refractivity contribution < 1.29 is 22.4 Å². The molecule has 2 N–H and O–H groups in total. The molecule has 0 rings (SSSR count). The summed E-state index contributed by atoms with van der Waals surface area (Å²) in [6, 6.07) is 0. The van der Waals surface area contributed by atoms with Crippen molar-refractivity contribution in [2.45, 2.75) is 13.3 Å². The van der Waals surface area contributed by atoms with Crippen molar-refractivity contribution in [2.24, 2.45) is 0 Å². The van der Waals surface area contributed by atoms with E-state index in [1.54, 1.807) is 0 Å². The minimum atomic E-state index is -6.00. The summed E-state index contributed by atoms with van der Waals surface area (Å²) in [5.41, 5.74) is 0. The second kappa shape index (κ2) is 5.87. The van der Waals surface area contributed by atoms with E-state index in [0.29, 0.717) is 6.61 Å². The van der Waals surface area contributed by atoms with E-state index in [9.17, 15) is 17.3 Å². The summed E-state index contributed by atoms with van der Waals surface area (Å²) in [5, 5.41) is 6.45. The van der Waals surface area contributed by atoms with Crippen molar-refractivity contribution in [3.8, 4) is 0 Å². The van der Waals surface area contributed by atoms with Gasteiger partial charge >= 0.3 is 7.25 Å². The van der Waals surface area contributed by atoms with Gasteiger partial charge in [0.1, 0.15) is 6.61 Å². The van der Waals surface area contributed by atoms with Crippen molar-refractivity contribution in [1.29, 1.82) is 0 Å². The predicted molar refractivity (Wildman–Crippen MR) is 29.0 cm³/mol. The van der Waals surface area contributed by atoms with Crippen LogP contribution < -0.4 is 0 Å². The molecule has 1 nitrogen and oxygen atoms in total. The van der Waals surface area contributed by atoms with E-state index < -0.39 is 7.25 Å². The molecule has 0 saturated carbocycles. The lowest BCUT2D eigenvalue weighted by Crippen LogP contribution is -2.02. The Morgan fingerprint density at radius 3 is 1.33 bits per heavy atom. The van der Waals surface area contributed by atoms with E-state index in [1.807, 2.05) is 6.92 Å². The molecule has 0 aromatic heterocycles. The molecule has 0 aromatic rings. The van der Waals surface area contributed by atoms with Gasteiger partial charge < -0.3 is 22.4 Å². The maximum absolute atomic E-state index is 9.75. The van der Waals surface area contributed by atoms with Gasteiger partial charge in [-0.3, -0.25) is 0 Å². The smallest absolute Gasteiger partial charge is 0.445 e. The van der Waals surface area contributed by atoms with E-state index in [1.165, 1.54) is 0 Å². The van der Waals surface area contributed by atoms with Crippen molar-refractivity contribution in [3.63, 3.8) is 0 Å². The molecule has 0 unspecified atom stereocenters.